The fraction of sp³-hybridized carbons (Fsp3) is 0.571. The Hall–Kier alpha value is -0.680. The maximum Gasteiger partial charge on any atom is 0.231 e. The Morgan fingerprint density at radius 3 is 2.45 bits per heavy atom. The second-order valence-electron chi connectivity index (χ2n) is 5.29. The first-order valence-corrected chi connectivity index (χ1v) is 6.89. The summed E-state index contributed by atoms with van der Waals surface area (Å²) in [5.74, 6) is 1.79. The predicted molar refractivity (Wildman–Crippen MR) is 81.8 cm³/mol. The molecule has 2 atom stereocenters. The van der Waals surface area contributed by atoms with Gasteiger partial charge in [0.15, 0.2) is 11.5 Å². The van der Waals surface area contributed by atoms with Crippen LogP contribution in [0.5, 0.6) is 11.5 Å². The second kappa shape index (κ2) is 7.36. The van der Waals surface area contributed by atoms with E-state index >= 15 is 0 Å². The Balaban J connectivity index is 0.00000200. The number of hydrogen-bond donors (Lipinski definition) is 2. The molecule has 0 saturated heterocycles. The van der Waals surface area contributed by atoms with Gasteiger partial charge in [0.2, 0.25) is 6.79 Å². The van der Waals surface area contributed by atoms with Gasteiger partial charge in [-0.3, -0.25) is 0 Å². The van der Waals surface area contributed by atoms with E-state index in [0.717, 1.165) is 6.42 Å². The lowest BCUT2D eigenvalue weighted by Gasteiger charge is -2.21. The van der Waals surface area contributed by atoms with Gasteiger partial charge in [0.25, 0.3) is 0 Å². The molecule has 20 heavy (non-hydrogen) atoms. The van der Waals surface area contributed by atoms with E-state index in [-0.39, 0.29) is 19.2 Å². The Bertz CT molecular complexity index is 454. The molecule has 6 heteroatoms. The number of nitrogens with two attached hydrogens (primary N) is 1. The van der Waals surface area contributed by atoms with E-state index in [0.29, 0.717) is 34.4 Å². The molecule has 0 unspecified atom stereocenters. The zero-order valence-electron chi connectivity index (χ0n) is 11.6. The molecular weight excluding hydrogens is 301 g/mol. The largest absolute Gasteiger partial charge is 0.454 e. The molecule has 2 rings (SSSR count). The van der Waals surface area contributed by atoms with E-state index in [1.165, 1.54) is 0 Å². The monoisotopic (exact) mass is 321 g/mol. The van der Waals surface area contributed by atoms with Crippen LogP contribution < -0.4 is 15.2 Å². The maximum atomic E-state index is 10.1. The van der Waals surface area contributed by atoms with Gasteiger partial charge < -0.3 is 20.3 Å². The highest BCUT2D eigenvalue weighted by Crippen LogP contribution is 2.39. The van der Waals surface area contributed by atoms with Crippen LogP contribution in [0.3, 0.4) is 0 Å². The third-order valence-electron chi connectivity index (χ3n) is 3.31. The molecule has 1 aliphatic heterocycles. The number of halogens is 2. The summed E-state index contributed by atoms with van der Waals surface area (Å²) >= 11 is 6.18. The smallest absolute Gasteiger partial charge is 0.231 e. The molecule has 0 radical (unpaired) electrons. The van der Waals surface area contributed by atoms with Crippen molar-refractivity contribution in [2.45, 2.75) is 38.8 Å². The summed E-state index contributed by atoms with van der Waals surface area (Å²) in [6.07, 6.45) is 0.973. The van der Waals surface area contributed by atoms with Crippen molar-refractivity contribution in [3.63, 3.8) is 0 Å². The lowest BCUT2D eigenvalue weighted by Crippen LogP contribution is -2.26. The molecule has 0 saturated carbocycles. The van der Waals surface area contributed by atoms with Crippen LogP contribution in [0.25, 0.3) is 0 Å². The molecule has 1 aliphatic rings. The maximum absolute atomic E-state index is 10.1. The molecule has 1 aromatic rings. The van der Waals surface area contributed by atoms with Crippen molar-refractivity contribution in [3.8, 4) is 11.5 Å². The zero-order chi connectivity index (χ0) is 14.0. The van der Waals surface area contributed by atoms with Crippen molar-refractivity contribution in [1.82, 2.24) is 0 Å². The summed E-state index contributed by atoms with van der Waals surface area (Å²) in [5.41, 5.74) is 6.79. The van der Waals surface area contributed by atoms with Crippen molar-refractivity contribution in [3.05, 3.63) is 22.7 Å². The number of aliphatic hydroxyl groups excluding tert-OH is 1. The van der Waals surface area contributed by atoms with Gasteiger partial charge in [-0.15, -0.1) is 12.4 Å². The van der Waals surface area contributed by atoms with E-state index < -0.39 is 12.1 Å². The van der Waals surface area contributed by atoms with Crippen LogP contribution in [0.4, 0.5) is 0 Å². The molecule has 0 aliphatic carbocycles. The molecule has 1 aromatic carbocycles. The number of rotatable bonds is 5. The summed E-state index contributed by atoms with van der Waals surface area (Å²) in [7, 11) is 0. The molecule has 0 bridgehead atoms. The Kier molecular flexibility index (Phi) is 6.40. The standard InChI is InChI=1S/C14H20ClNO3.ClH/c1-8(2)3-4-11(17)14(16)9-5-12-13(6-10(9)15)19-7-18-12;/h5-6,8,11,14,17H,3-4,7,16H2,1-2H3;1H/t11-,14+;/m0./s1. The lowest BCUT2D eigenvalue weighted by atomic mass is 9.95. The summed E-state index contributed by atoms with van der Waals surface area (Å²) in [5, 5.41) is 10.6. The number of ether oxygens (including phenoxy) is 2. The van der Waals surface area contributed by atoms with Crippen LogP contribution in [0.15, 0.2) is 12.1 Å². The van der Waals surface area contributed by atoms with Gasteiger partial charge in [-0.1, -0.05) is 25.4 Å². The minimum Gasteiger partial charge on any atom is -0.454 e. The van der Waals surface area contributed by atoms with Crippen molar-refractivity contribution < 1.29 is 14.6 Å². The number of fused-ring (bicyclic) bond motifs is 1. The molecule has 0 fully saturated rings. The van der Waals surface area contributed by atoms with E-state index in [1.54, 1.807) is 12.1 Å². The highest BCUT2D eigenvalue weighted by molar-refractivity contribution is 6.31. The minimum absolute atomic E-state index is 0. The van der Waals surface area contributed by atoms with Crippen LogP contribution in [0, 0.1) is 5.92 Å². The first-order chi connectivity index (χ1) is 8.99. The summed E-state index contributed by atoms with van der Waals surface area (Å²) in [4.78, 5) is 0. The van der Waals surface area contributed by atoms with Crippen LogP contribution in [0.2, 0.25) is 5.02 Å². The molecular formula is C14H21Cl2NO3. The number of hydrogen-bond acceptors (Lipinski definition) is 4. The minimum atomic E-state index is -0.611. The Labute approximate surface area is 130 Å². The van der Waals surface area contributed by atoms with Gasteiger partial charge >= 0.3 is 0 Å². The quantitative estimate of drug-likeness (QED) is 0.873. The van der Waals surface area contributed by atoms with Gasteiger partial charge in [0.1, 0.15) is 0 Å². The highest BCUT2D eigenvalue weighted by atomic mass is 35.5. The van der Waals surface area contributed by atoms with Crippen molar-refractivity contribution >= 4 is 24.0 Å². The fourth-order valence-corrected chi connectivity index (χ4v) is 2.36. The molecule has 3 N–H and O–H groups in total. The summed E-state index contributed by atoms with van der Waals surface area (Å²) in [6.45, 7) is 4.43. The van der Waals surface area contributed by atoms with Crippen LogP contribution >= 0.6 is 24.0 Å². The Morgan fingerprint density at radius 1 is 1.25 bits per heavy atom. The topological polar surface area (TPSA) is 64.7 Å². The summed E-state index contributed by atoms with van der Waals surface area (Å²) in [6, 6.07) is 2.93. The first-order valence-electron chi connectivity index (χ1n) is 6.51. The van der Waals surface area contributed by atoms with Crippen molar-refractivity contribution in [2.75, 3.05) is 6.79 Å². The van der Waals surface area contributed by atoms with E-state index in [1.807, 2.05) is 0 Å². The summed E-state index contributed by atoms with van der Waals surface area (Å²) < 4.78 is 10.5. The lowest BCUT2D eigenvalue weighted by molar-refractivity contribution is 0.128. The number of aliphatic hydroxyl groups is 1. The van der Waals surface area contributed by atoms with Crippen LogP contribution in [-0.4, -0.2) is 18.0 Å². The third-order valence-corrected chi connectivity index (χ3v) is 3.63. The molecule has 0 aromatic heterocycles. The van der Waals surface area contributed by atoms with Crippen molar-refractivity contribution in [1.29, 1.82) is 0 Å². The van der Waals surface area contributed by atoms with Gasteiger partial charge in [0, 0.05) is 11.1 Å². The van der Waals surface area contributed by atoms with E-state index in [9.17, 15) is 5.11 Å². The third kappa shape index (κ3) is 3.92. The normalized spacial score (nSPS) is 15.9. The fourth-order valence-electron chi connectivity index (χ4n) is 2.08. The molecule has 4 nitrogen and oxygen atoms in total. The molecule has 0 amide bonds. The Morgan fingerprint density at radius 2 is 1.85 bits per heavy atom. The second-order valence-corrected chi connectivity index (χ2v) is 5.70. The van der Waals surface area contributed by atoms with Gasteiger partial charge in [-0.25, -0.2) is 0 Å². The van der Waals surface area contributed by atoms with Crippen molar-refractivity contribution in [2.24, 2.45) is 11.7 Å². The number of benzene rings is 1. The molecule has 1 heterocycles. The van der Waals surface area contributed by atoms with Crippen LogP contribution in [0.1, 0.15) is 38.3 Å². The predicted octanol–water partition coefficient (Wildman–Crippen LogP) is 3.29. The van der Waals surface area contributed by atoms with Gasteiger partial charge in [0.05, 0.1) is 12.1 Å². The average molecular weight is 322 g/mol. The van der Waals surface area contributed by atoms with E-state index in [2.05, 4.69) is 13.8 Å². The molecule has 114 valence electrons. The highest BCUT2D eigenvalue weighted by Gasteiger charge is 2.23. The van der Waals surface area contributed by atoms with E-state index in [4.69, 9.17) is 26.8 Å². The zero-order valence-corrected chi connectivity index (χ0v) is 13.2. The average Bonchev–Trinajstić information content (AvgIpc) is 2.80. The first kappa shape index (κ1) is 17.4. The van der Waals surface area contributed by atoms with Crippen LogP contribution in [-0.2, 0) is 0 Å². The van der Waals surface area contributed by atoms with Gasteiger partial charge in [-0.2, -0.15) is 0 Å². The van der Waals surface area contributed by atoms with Gasteiger partial charge in [-0.05, 0) is 30.4 Å². The SMILES string of the molecule is CC(C)CC[C@H](O)[C@H](N)c1cc2c(cc1Cl)OCO2.Cl. The molecule has 0 spiro atoms.